The maximum absolute atomic E-state index is 10.1. The lowest BCUT2D eigenvalue weighted by atomic mass is 9.91. The molecule has 1 aliphatic carbocycles. The number of nitrogens with one attached hydrogen (secondary N) is 1. The van der Waals surface area contributed by atoms with Gasteiger partial charge in [-0.3, -0.25) is 4.90 Å². The van der Waals surface area contributed by atoms with Crippen LogP contribution < -0.4 is 5.32 Å². The Bertz CT molecular complexity index is 268. The Labute approximate surface area is 131 Å². The van der Waals surface area contributed by atoms with Crippen LogP contribution >= 0.6 is 0 Å². The molecule has 0 aliphatic heterocycles. The molecule has 1 saturated carbocycles. The van der Waals surface area contributed by atoms with Crippen LogP contribution in [-0.4, -0.2) is 61.5 Å². The average Bonchev–Trinajstić information content (AvgIpc) is 3.34. The lowest BCUT2D eigenvalue weighted by molar-refractivity contribution is 0.0496. The Morgan fingerprint density at radius 2 is 1.95 bits per heavy atom. The van der Waals surface area contributed by atoms with Crippen LogP contribution in [0.15, 0.2) is 0 Å². The molecule has 0 bridgehead atoms. The third-order valence-electron chi connectivity index (χ3n) is 4.89. The number of hydrogen-bond donors (Lipinski definition) is 2. The van der Waals surface area contributed by atoms with E-state index in [0.29, 0.717) is 12.0 Å². The van der Waals surface area contributed by atoms with Crippen molar-refractivity contribution in [3.05, 3.63) is 0 Å². The fourth-order valence-corrected chi connectivity index (χ4v) is 3.34. The highest BCUT2D eigenvalue weighted by atomic mass is 16.5. The molecule has 0 aromatic heterocycles. The highest BCUT2D eigenvalue weighted by Gasteiger charge is 2.45. The molecule has 4 nitrogen and oxygen atoms in total. The molecule has 126 valence electrons. The number of nitrogens with zero attached hydrogens (tertiary/aromatic N) is 1. The van der Waals surface area contributed by atoms with Gasteiger partial charge in [0.15, 0.2) is 0 Å². The lowest BCUT2D eigenvalue weighted by Gasteiger charge is -2.41. The minimum absolute atomic E-state index is 0.119. The first kappa shape index (κ1) is 18.9. The third kappa shape index (κ3) is 5.51. The summed E-state index contributed by atoms with van der Waals surface area (Å²) in [6, 6.07) is 0.577. The SMILES string of the molecule is CCCNC(CO)(CN(CCOC)C(CC)CC)C1CC1. The van der Waals surface area contributed by atoms with Crippen LogP contribution in [0, 0.1) is 5.92 Å². The van der Waals surface area contributed by atoms with Crippen molar-refractivity contribution >= 4 is 0 Å². The topological polar surface area (TPSA) is 44.7 Å². The van der Waals surface area contributed by atoms with Crippen molar-refractivity contribution in [1.82, 2.24) is 10.2 Å². The van der Waals surface area contributed by atoms with E-state index in [4.69, 9.17) is 4.74 Å². The third-order valence-corrected chi connectivity index (χ3v) is 4.89. The zero-order valence-corrected chi connectivity index (χ0v) is 14.5. The number of rotatable bonds is 13. The normalized spacial score (nSPS) is 18.4. The molecular formula is C17H36N2O2. The van der Waals surface area contributed by atoms with E-state index in [0.717, 1.165) is 45.5 Å². The Balaban J connectivity index is 2.78. The van der Waals surface area contributed by atoms with Crippen LogP contribution in [0.1, 0.15) is 52.9 Å². The molecule has 1 rings (SSSR count). The summed E-state index contributed by atoms with van der Waals surface area (Å²) in [7, 11) is 1.76. The van der Waals surface area contributed by atoms with E-state index in [1.807, 2.05) is 0 Å². The maximum Gasteiger partial charge on any atom is 0.0628 e. The van der Waals surface area contributed by atoms with E-state index in [-0.39, 0.29) is 12.1 Å². The standard InChI is InChI=1S/C17H36N2O2/c1-5-10-18-17(14-20,15-8-9-15)13-19(11-12-21-4)16(6-2)7-3/h15-16,18,20H,5-14H2,1-4H3. The van der Waals surface area contributed by atoms with E-state index in [2.05, 4.69) is 31.0 Å². The van der Waals surface area contributed by atoms with Crippen molar-refractivity contribution in [3.8, 4) is 0 Å². The molecular weight excluding hydrogens is 264 g/mol. The van der Waals surface area contributed by atoms with Crippen LogP contribution in [0.3, 0.4) is 0 Å². The number of aliphatic hydroxyl groups excluding tert-OH is 1. The molecule has 0 radical (unpaired) electrons. The van der Waals surface area contributed by atoms with Gasteiger partial charge in [-0.2, -0.15) is 0 Å². The van der Waals surface area contributed by atoms with Crippen molar-refractivity contribution in [2.24, 2.45) is 5.92 Å². The van der Waals surface area contributed by atoms with Crippen molar-refractivity contribution in [3.63, 3.8) is 0 Å². The monoisotopic (exact) mass is 300 g/mol. The summed E-state index contributed by atoms with van der Waals surface area (Å²) in [5, 5.41) is 13.8. The van der Waals surface area contributed by atoms with Crippen molar-refractivity contribution < 1.29 is 9.84 Å². The molecule has 1 aliphatic rings. The van der Waals surface area contributed by atoms with Crippen LogP contribution in [0.2, 0.25) is 0 Å². The van der Waals surface area contributed by atoms with Crippen LogP contribution in [0.25, 0.3) is 0 Å². The van der Waals surface area contributed by atoms with E-state index in [1.165, 1.54) is 12.8 Å². The van der Waals surface area contributed by atoms with E-state index in [1.54, 1.807) is 7.11 Å². The van der Waals surface area contributed by atoms with Gasteiger partial charge in [-0.25, -0.2) is 0 Å². The summed E-state index contributed by atoms with van der Waals surface area (Å²) in [5.41, 5.74) is -0.119. The summed E-state index contributed by atoms with van der Waals surface area (Å²) in [6.45, 7) is 10.6. The van der Waals surface area contributed by atoms with Gasteiger partial charge < -0.3 is 15.2 Å². The van der Waals surface area contributed by atoms with Crippen LogP contribution in [0.5, 0.6) is 0 Å². The molecule has 0 aromatic rings. The molecule has 1 fully saturated rings. The quantitative estimate of drug-likeness (QED) is 0.548. The zero-order chi connectivity index (χ0) is 15.7. The van der Waals surface area contributed by atoms with Gasteiger partial charge in [0, 0.05) is 26.2 Å². The van der Waals surface area contributed by atoms with Gasteiger partial charge in [0.1, 0.15) is 0 Å². The zero-order valence-electron chi connectivity index (χ0n) is 14.5. The Morgan fingerprint density at radius 1 is 1.29 bits per heavy atom. The first-order chi connectivity index (χ1) is 10.2. The van der Waals surface area contributed by atoms with Crippen molar-refractivity contribution in [1.29, 1.82) is 0 Å². The second kappa shape index (κ2) is 9.78. The summed E-state index contributed by atoms with van der Waals surface area (Å²) >= 11 is 0. The molecule has 1 unspecified atom stereocenters. The van der Waals surface area contributed by atoms with E-state index >= 15 is 0 Å². The van der Waals surface area contributed by atoms with Gasteiger partial charge in [0.05, 0.1) is 18.8 Å². The Hall–Kier alpha value is -0.160. The molecule has 4 heteroatoms. The summed E-state index contributed by atoms with van der Waals surface area (Å²) < 4.78 is 5.29. The minimum Gasteiger partial charge on any atom is -0.394 e. The van der Waals surface area contributed by atoms with Gasteiger partial charge in [0.2, 0.25) is 0 Å². The van der Waals surface area contributed by atoms with Crippen molar-refractivity contribution in [2.75, 3.05) is 40.0 Å². The molecule has 0 saturated heterocycles. The first-order valence-electron chi connectivity index (χ1n) is 8.76. The highest BCUT2D eigenvalue weighted by Crippen LogP contribution is 2.40. The average molecular weight is 300 g/mol. The molecule has 21 heavy (non-hydrogen) atoms. The van der Waals surface area contributed by atoms with Gasteiger partial charge in [-0.15, -0.1) is 0 Å². The predicted octanol–water partition coefficient (Wildman–Crippen LogP) is 2.26. The second-order valence-corrected chi connectivity index (χ2v) is 6.45. The number of aliphatic hydroxyl groups is 1. The summed E-state index contributed by atoms with van der Waals surface area (Å²) in [4.78, 5) is 2.53. The van der Waals surface area contributed by atoms with Crippen molar-refractivity contribution in [2.45, 2.75) is 64.5 Å². The fourth-order valence-electron chi connectivity index (χ4n) is 3.34. The predicted molar refractivity (Wildman–Crippen MR) is 88.7 cm³/mol. The Morgan fingerprint density at radius 3 is 2.38 bits per heavy atom. The smallest absolute Gasteiger partial charge is 0.0628 e. The highest BCUT2D eigenvalue weighted by molar-refractivity contribution is 5.03. The first-order valence-corrected chi connectivity index (χ1v) is 8.76. The van der Waals surface area contributed by atoms with Gasteiger partial charge in [-0.05, 0) is 44.6 Å². The summed E-state index contributed by atoms with van der Waals surface area (Å²) in [5.74, 6) is 0.633. The molecule has 0 amide bonds. The lowest BCUT2D eigenvalue weighted by Crippen LogP contribution is -2.60. The molecule has 0 aromatic carbocycles. The summed E-state index contributed by atoms with van der Waals surface area (Å²) in [6.07, 6.45) is 5.91. The maximum atomic E-state index is 10.1. The number of hydrogen-bond acceptors (Lipinski definition) is 4. The van der Waals surface area contributed by atoms with E-state index < -0.39 is 0 Å². The molecule has 2 N–H and O–H groups in total. The number of methoxy groups -OCH3 is 1. The molecule has 1 atom stereocenters. The van der Waals surface area contributed by atoms with E-state index in [9.17, 15) is 5.11 Å². The molecule has 0 spiro atoms. The van der Waals surface area contributed by atoms with Crippen LogP contribution in [0.4, 0.5) is 0 Å². The minimum atomic E-state index is -0.119. The Kier molecular flexibility index (Phi) is 8.79. The largest absolute Gasteiger partial charge is 0.394 e. The second-order valence-electron chi connectivity index (χ2n) is 6.45. The van der Waals surface area contributed by atoms with Gasteiger partial charge in [-0.1, -0.05) is 20.8 Å². The van der Waals surface area contributed by atoms with Gasteiger partial charge >= 0.3 is 0 Å². The fraction of sp³-hybridized carbons (Fsp3) is 1.00. The van der Waals surface area contributed by atoms with Crippen LogP contribution in [-0.2, 0) is 4.74 Å². The number of ether oxygens (including phenoxy) is 1. The molecule has 0 heterocycles. The van der Waals surface area contributed by atoms with Gasteiger partial charge in [0.25, 0.3) is 0 Å².